The molecule has 2 aliphatic rings. The van der Waals surface area contributed by atoms with Crippen molar-refractivity contribution in [2.24, 2.45) is 0 Å². The first kappa shape index (κ1) is 33.2. The van der Waals surface area contributed by atoms with E-state index in [1.165, 1.54) is 25.7 Å². The van der Waals surface area contributed by atoms with Gasteiger partial charge >= 0.3 is 0 Å². The van der Waals surface area contributed by atoms with E-state index in [1.807, 2.05) is 42.6 Å². The quantitative estimate of drug-likeness (QED) is 0.150. The normalized spacial score (nSPS) is 17.1. The topological polar surface area (TPSA) is 137 Å². The van der Waals surface area contributed by atoms with Crippen LogP contribution in [0.1, 0.15) is 39.5 Å². The summed E-state index contributed by atoms with van der Waals surface area (Å²) in [4.78, 5) is 23.0. The molecular weight excluding hydrogens is 676 g/mol. The SMILES string of the molecule is CC1CCCN1c1cccc(Nc2cc(-c3cccc(O)c3)nn3ccnc23)n1.CC1CCCN1c1cccc(Nc2cc(Cl)nn3ccnc23)n1. The van der Waals surface area contributed by atoms with Crippen molar-refractivity contribution in [1.82, 2.24) is 39.2 Å². The summed E-state index contributed by atoms with van der Waals surface area (Å²) in [5, 5.41) is 25.7. The van der Waals surface area contributed by atoms with Gasteiger partial charge in [0.1, 0.15) is 29.0 Å². The highest BCUT2D eigenvalue weighted by Crippen LogP contribution is 2.30. The Labute approximate surface area is 306 Å². The number of nitrogens with one attached hydrogen (secondary N) is 2. The van der Waals surface area contributed by atoms with E-state index >= 15 is 0 Å². The van der Waals surface area contributed by atoms with Gasteiger partial charge in [-0.1, -0.05) is 35.9 Å². The van der Waals surface area contributed by atoms with Crippen molar-refractivity contribution in [3.63, 3.8) is 0 Å². The molecule has 2 fully saturated rings. The molecule has 2 aliphatic heterocycles. The number of benzene rings is 1. The number of rotatable bonds is 7. The van der Waals surface area contributed by atoms with Gasteiger partial charge in [-0.25, -0.2) is 29.0 Å². The minimum absolute atomic E-state index is 0.207. The fourth-order valence-electron chi connectivity index (χ4n) is 6.92. The van der Waals surface area contributed by atoms with Gasteiger partial charge in [-0.3, -0.25) is 0 Å². The fourth-order valence-corrected chi connectivity index (χ4v) is 7.11. The Morgan fingerprint density at radius 2 is 1.25 bits per heavy atom. The van der Waals surface area contributed by atoms with Gasteiger partial charge in [-0.05, 0) is 82.0 Å². The second-order valence-electron chi connectivity index (χ2n) is 13.1. The molecule has 0 aliphatic carbocycles. The fraction of sp³-hybridized carbons (Fsp3) is 0.263. The van der Waals surface area contributed by atoms with Crippen LogP contribution < -0.4 is 20.4 Å². The Morgan fingerprint density at radius 3 is 1.81 bits per heavy atom. The zero-order valence-corrected chi connectivity index (χ0v) is 29.7. The molecule has 9 rings (SSSR count). The molecular formula is C38H39ClN12O. The molecule has 2 atom stereocenters. The maximum atomic E-state index is 9.83. The van der Waals surface area contributed by atoms with Crippen LogP contribution in [-0.4, -0.2) is 69.4 Å². The van der Waals surface area contributed by atoms with Crippen molar-refractivity contribution in [3.8, 4) is 17.0 Å². The number of hydrogen-bond donors (Lipinski definition) is 3. The molecule has 3 N–H and O–H groups in total. The molecule has 0 spiro atoms. The second kappa shape index (κ2) is 14.3. The van der Waals surface area contributed by atoms with Gasteiger partial charge in [0.25, 0.3) is 0 Å². The second-order valence-corrected chi connectivity index (χ2v) is 13.5. The van der Waals surface area contributed by atoms with Gasteiger partial charge in [0, 0.05) is 61.6 Å². The third kappa shape index (κ3) is 6.99. The van der Waals surface area contributed by atoms with Gasteiger partial charge in [0.05, 0.1) is 17.1 Å². The number of nitrogens with zero attached hydrogens (tertiary/aromatic N) is 10. The highest BCUT2D eigenvalue weighted by atomic mass is 35.5. The lowest BCUT2D eigenvalue weighted by atomic mass is 10.1. The summed E-state index contributed by atoms with van der Waals surface area (Å²) in [5.41, 5.74) is 4.60. The van der Waals surface area contributed by atoms with E-state index in [9.17, 15) is 5.11 Å². The number of phenolic OH excluding ortho intramolecular Hbond substituents is 1. The van der Waals surface area contributed by atoms with E-state index in [0.717, 1.165) is 70.3 Å². The summed E-state index contributed by atoms with van der Waals surface area (Å²) in [7, 11) is 0. The first-order valence-electron chi connectivity index (χ1n) is 17.5. The summed E-state index contributed by atoms with van der Waals surface area (Å²) in [6, 6.07) is 23.9. The smallest absolute Gasteiger partial charge is 0.177 e. The molecule has 2 saturated heterocycles. The van der Waals surface area contributed by atoms with Gasteiger partial charge in [-0.2, -0.15) is 10.2 Å². The van der Waals surface area contributed by atoms with Crippen LogP contribution in [0.5, 0.6) is 5.75 Å². The lowest BCUT2D eigenvalue weighted by Crippen LogP contribution is -2.27. The first-order valence-corrected chi connectivity index (χ1v) is 17.9. The Kier molecular flexibility index (Phi) is 9.16. The molecule has 14 heteroatoms. The summed E-state index contributed by atoms with van der Waals surface area (Å²) < 4.78 is 3.38. The van der Waals surface area contributed by atoms with Crippen LogP contribution in [0.15, 0.2) is 97.6 Å². The van der Waals surface area contributed by atoms with Crippen molar-refractivity contribution < 1.29 is 5.11 Å². The average Bonchev–Trinajstić information content (AvgIpc) is 3.97. The molecule has 2 unspecified atom stereocenters. The highest BCUT2D eigenvalue weighted by molar-refractivity contribution is 6.29. The third-order valence-corrected chi connectivity index (χ3v) is 9.70. The Morgan fingerprint density at radius 1 is 0.692 bits per heavy atom. The lowest BCUT2D eigenvalue weighted by Gasteiger charge is -2.23. The maximum Gasteiger partial charge on any atom is 0.177 e. The largest absolute Gasteiger partial charge is 0.508 e. The van der Waals surface area contributed by atoms with E-state index in [-0.39, 0.29) is 5.75 Å². The predicted molar refractivity (Wildman–Crippen MR) is 205 cm³/mol. The highest BCUT2D eigenvalue weighted by Gasteiger charge is 2.23. The van der Waals surface area contributed by atoms with Crippen LogP contribution in [0.25, 0.3) is 22.6 Å². The van der Waals surface area contributed by atoms with Gasteiger partial charge < -0.3 is 25.5 Å². The van der Waals surface area contributed by atoms with E-state index in [4.69, 9.17) is 21.6 Å². The average molecular weight is 715 g/mol. The molecule has 0 saturated carbocycles. The molecule has 6 aromatic heterocycles. The number of fused-ring (bicyclic) bond motifs is 2. The monoisotopic (exact) mass is 714 g/mol. The number of imidazole rings is 2. The molecule has 0 amide bonds. The van der Waals surface area contributed by atoms with Crippen molar-refractivity contribution in [3.05, 3.63) is 103 Å². The molecule has 0 radical (unpaired) electrons. The molecule has 1 aromatic carbocycles. The Hall–Kier alpha value is -5.95. The standard InChI is InChI=1S/C22H22N6O.C16H17ClN6/c1-15-5-4-11-27(15)21-9-3-8-20(25-21)24-19-14-18(16-6-2-7-17(29)13-16)26-28-12-10-23-22(19)28;1-11-4-3-8-22(11)15-6-2-5-14(20-15)19-12-10-13(17)21-23-9-7-18-16(12)23/h2-3,6-10,12-15,29H,4-5,11H2,1H3,(H,24,25);2,5-7,9-11H,3-4,8H2,1H3,(H,19,20). The van der Waals surface area contributed by atoms with Gasteiger partial charge in [0.2, 0.25) is 0 Å². The summed E-state index contributed by atoms with van der Waals surface area (Å²) >= 11 is 6.07. The van der Waals surface area contributed by atoms with Crippen molar-refractivity contribution in [2.45, 2.75) is 51.6 Å². The molecule has 13 nitrogen and oxygen atoms in total. The van der Waals surface area contributed by atoms with Crippen LogP contribution in [-0.2, 0) is 0 Å². The van der Waals surface area contributed by atoms with Crippen LogP contribution in [0.3, 0.4) is 0 Å². The number of halogens is 1. The van der Waals surface area contributed by atoms with Crippen molar-refractivity contribution >= 4 is 57.5 Å². The molecule has 0 bridgehead atoms. The van der Waals surface area contributed by atoms with E-state index < -0.39 is 0 Å². The number of phenols is 1. The van der Waals surface area contributed by atoms with Crippen LogP contribution in [0.4, 0.5) is 34.6 Å². The van der Waals surface area contributed by atoms with Crippen molar-refractivity contribution in [1.29, 1.82) is 0 Å². The molecule has 52 heavy (non-hydrogen) atoms. The zero-order valence-electron chi connectivity index (χ0n) is 28.9. The molecule has 8 heterocycles. The Balaban J connectivity index is 0.000000153. The minimum atomic E-state index is 0.207. The first-order chi connectivity index (χ1) is 25.4. The van der Waals surface area contributed by atoms with Gasteiger partial charge in [-0.15, -0.1) is 0 Å². The molecule has 7 aromatic rings. The zero-order chi connectivity index (χ0) is 35.6. The summed E-state index contributed by atoms with van der Waals surface area (Å²) in [6.07, 6.45) is 11.8. The number of hydrogen-bond acceptors (Lipinski definition) is 11. The number of aromatic nitrogens is 8. The van der Waals surface area contributed by atoms with Crippen LogP contribution >= 0.6 is 11.6 Å². The minimum Gasteiger partial charge on any atom is -0.508 e. The third-order valence-electron chi connectivity index (χ3n) is 9.52. The summed E-state index contributed by atoms with van der Waals surface area (Å²) in [5.74, 6) is 3.73. The van der Waals surface area contributed by atoms with E-state index in [2.05, 4.69) is 66.6 Å². The number of anilines is 6. The molecule has 264 valence electrons. The maximum absolute atomic E-state index is 9.83. The predicted octanol–water partition coefficient (Wildman–Crippen LogP) is 7.74. The van der Waals surface area contributed by atoms with Crippen molar-refractivity contribution in [2.75, 3.05) is 33.5 Å². The van der Waals surface area contributed by atoms with Crippen LogP contribution in [0.2, 0.25) is 5.15 Å². The van der Waals surface area contributed by atoms with E-state index in [0.29, 0.717) is 17.2 Å². The van der Waals surface area contributed by atoms with Crippen LogP contribution in [0, 0.1) is 0 Å². The number of pyridine rings is 2. The lowest BCUT2D eigenvalue weighted by molar-refractivity contribution is 0.475. The van der Waals surface area contributed by atoms with E-state index in [1.54, 1.807) is 51.9 Å². The number of aromatic hydroxyl groups is 1. The van der Waals surface area contributed by atoms with Gasteiger partial charge in [0.15, 0.2) is 16.4 Å². The Bertz CT molecular complexity index is 2340. The summed E-state index contributed by atoms with van der Waals surface area (Å²) in [6.45, 7) is 6.58.